The number of aliphatic imine (C=N–C) groups is 1. The van der Waals surface area contributed by atoms with E-state index in [0.717, 1.165) is 16.8 Å². The fourth-order valence-electron chi connectivity index (χ4n) is 1.57. The SMILES string of the molecule is Cc1ccccc1N=C(C#N)c1ccc(Cl)cc1. The van der Waals surface area contributed by atoms with Crippen LogP contribution in [0.5, 0.6) is 0 Å². The minimum absolute atomic E-state index is 0.390. The van der Waals surface area contributed by atoms with E-state index in [9.17, 15) is 5.26 Å². The van der Waals surface area contributed by atoms with E-state index in [-0.39, 0.29) is 0 Å². The molecule has 0 unspecified atom stereocenters. The molecule has 0 aromatic heterocycles. The number of hydrogen-bond donors (Lipinski definition) is 0. The molecule has 0 aliphatic rings. The zero-order valence-electron chi connectivity index (χ0n) is 9.89. The predicted molar refractivity (Wildman–Crippen MR) is 74.4 cm³/mol. The summed E-state index contributed by atoms with van der Waals surface area (Å²) in [5.74, 6) is 0. The summed E-state index contributed by atoms with van der Waals surface area (Å²) in [5.41, 5.74) is 3.01. The van der Waals surface area contributed by atoms with Crippen molar-refractivity contribution in [3.05, 3.63) is 64.7 Å². The van der Waals surface area contributed by atoms with Crippen LogP contribution in [-0.2, 0) is 0 Å². The van der Waals surface area contributed by atoms with E-state index in [4.69, 9.17) is 11.6 Å². The average molecular weight is 255 g/mol. The Morgan fingerprint density at radius 3 is 2.39 bits per heavy atom. The summed E-state index contributed by atoms with van der Waals surface area (Å²) < 4.78 is 0. The lowest BCUT2D eigenvalue weighted by Crippen LogP contribution is -1.96. The van der Waals surface area contributed by atoms with Gasteiger partial charge in [0.1, 0.15) is 11.8 Å². The van der Waals surface area contributed by atoms with E-state index < -0.39 is 0 Å². The Balaban J connectivity index is 2.44. The van der Waals surface area contributed by atoms with Crippen LogP contribution in [0.2, 0.25) is 5.02 Å². The van der Waals surface area contributed by atoms with Crippen molar-refractivity contribution in [2.24, 2.45) is 4.99 Å². The average Bonchev–Trinajstić information content (AvgIpc) is 2.39. The zero-order chi connectivity index (χ0) is 13.0. The fourth-order valence-corrected chi connectivity index (χ4v) is 1.70. The van der Waals surface area contributed by atoms with Gasteiger partial charge in [0.2, 0.25) is 0 Å². The molecule has 0 radical (unpaired) electrons. The summed E-state index contributed by atoms with van der Waals surface area (Å²) in [7, 11) is 0. The van der Waals surface area contributed by atoms with Gasteiger partial charge in [0.05, 0.1) is 5.69 Å². The molecule has 0 bridgehead atoms. The van der Waals surface area contributed by atoms with E-state index >= 15 is 0 Å². The lowest BCUT2D eigenvalue weighted by molar-refractivity contribution is 1.39. The van der Waals surface area contributed by atoms with Gasteiger partial charge in [-0.3, -0.25) is 0 Å². The summed E-state index contributed by atoms with van der Waals surface area (Å²) in [6, 6.07) is 16.9. The number of para-hydroxylation sites is 1. The van der Waals surface area contributed by atoms with Crippen LogP contribution in [0.15, 0.2) is 53.5 Å². The second-order valence-electron chi connectivity index (χ2n) is 3.87. The molecule has 18 heavy (non-hydrogen) atoms. The highest BCUT2D eigenvalue weighted by Gasteiger charge is 2.03. The summed E-state index contributed by atoms with van der Waals surface area (Å²) >= 11 is 5.82. The van der Waals surface area contributed by atoms with Gasteiger partial charge in [-0.25, -0.2) is 4.99 Å². The highest BCUT2D eigenvalue weighted by Crippen LogP contribution is 2.19. The third-order valence-corrected chi connectivity index (χ3v) is 2.82. The Morgan fingerprint density at radius 1 is 1.11 bits per heavy atom. The van der Waals surface area contributed by atoms with E-state index in [2.05, 4.69) is 11.1 Å². The maximum Gasteiger partial charge on any atom is 0.148 e. The second-order valence-corrected chi connectivity index (χ2v) is 4.30. The molecule has 0 spiro atoms. The van der Waals surface area contributed by atoms with Crippen molar-refractivity contribution < 1.29 is 0 Å². The molecule has 0 aliphatic carbocycles. The van der Waals surface area contributed by atoms with Gasteiger partial charge in [-0.2, -0.15) is 5.26 Å². The summed E-state index contributed by atoms with van der Waals surface area (Å²) in [6.45, 7) is 1.97. The van der Waals surface area contributed by atoms with Gasteiger partial charge in [-0.05, 0) is 30.7 Å². The Kier molecular flexibility index (Phi) is 3.76. The van der Waals surface area contributed by atoms with Crippen LogP contribution in [0.4, 0.5) is 5.69 Å². The molecule has 2 aromatic rings. The first-order valence-corrected chi connectivity index (χ1v) is 5.89. The van der Waals surface area contributed by atoms with Gasteiger partial charge in [0, 0.05) is 10.6 Å². The minimum Gasteiger partial charge on any atom is -0.237 e. The normalized spacial score (nSPS) is 11.1. The van der Waals surface area contributed by atoms with Crippen molar-refractivity contribution in [3.63, 3.8) is 0 Å². The first kappa shape index (κ1) is 12.3. The van der Waals surface area contributed by atoms with Crippen LogP contribution >= 0.6 is 11.6 Å². The van der Waals surface area contributed by atoms with Gasteiger partial charge in [-0.15, -0.1) is 0 Å². The quantitative estimate of drug-likeness (QED) is 0.737. The minimum atomic E-state index is 0.390. The van der Waals surface area contributed by atoms with Crippen LogP contribution in [0.3, 0.4) is 0 Å². The van der Waals surface area contributed by atoms with E-state index in [1.165, 1.54) is 0 Å². The van der Waals surface area contributed by atoms with Crippen molar-refractivity contribution in [3.8, 4) is 6.07 Å². The molecule has 0 amide bonds. The molecule has 0 N–H and O–H groups in total. The zero-order valence-corrected chi connectivity index (χ0v) is 10.6. The summed E-state index contributed by atoms with van der Waals surface area (Å²) in [6.07, 6.45) is 0. The molecule has 0 saturated heterocycles. The fraction of sp³-hybridized carbons (Fsp3) is 0.0667. The lowest BCUT2D eigenvalue weighted by atomic mass is 10.1. The molecule has 0 aliphatic heterocycles. The monoisotopic (exact) mass is 254 g/mol. The Labute approximate surface area is 111 Å². The molecule has 0 fully saturated rings. The van der Waals surface area contributed by atoms with Crippen molar-refractivity contribution in [2.45, 2.75) is 6.92 Å². The highest BCUT2D eigenvalue weighted by molar-refractivity contribution is 6.30. The van der Waals surface area contributed by atoms with Crippen molar-refractivity contribution in [2.75, 3.05) is 0 Å². The number of nitriles is 1. The molecular formula is C15H11ClN2. The number of halogens is 1. The van der Waals surface area contributed by atoms with Gasteiger partial charge in [0.15, 0.2) is 0 Å². The Bertz CT molecular complexity index is 622. The first-order chi connectivity index (χ1) is 8.70. The number of aryl methyl sites for hydroxylation is 1. The smallest absolute Gasteiger partial charge is 0.148 e. The topological polar surface area (TPSA) is 36.1 Å². The molecule has 2 nitrogen and oxygen atoms in total. The van der Waals surface area contributed by atoms with Crippen molar-refractivity contribution in [1.82, 2.24) is 0 Å². The van der Waals surface area contributed by atoms with E-state index in [1.54, 1.807) is 24.3 Å². The molecule has 0 atom stereocenters. The van der Waals surface area contributed by atoms with E-state index in [0.29, 0.717) is 10.7 Å². The van der Waals surface area contributed by atoms with Crippen LogP contribution in [0.25, 0.3) is 0 Å². The van der Waals surface area contributed by atoms with Crippen LogP contribution in [0, 0.1) is 18.3 Å². The first-order valence-electron chi connectivity index (χ1n) is 5.51. The Morgan fingerprint density at radius 2 is 1.78 bits per heavy atom. The predicted octanol–water partition coefficient (Wildman–Crippen LogP) is 4.29. The molecule has 2 rings (SSSR count). The molecular weight excluding hydrogens is 244 g/mol. The van der Waals surface area contributed by atoms with Crippen molar-refractivity contribution in [1.29, 1.82) is 5.26 Å². The third-order valence-electron chi connectivity index (χ3n) is 2.57. The Hall–Kier alpha value is -2.11. The maximum absolute atomic E-state index is 9.19. The van der Waals surface area contributed by atoms with Gasteiger partial charge in [-0.1, -0.05) is 41.9 Å². The van der Waals surface area contributed by atoms with E-state index in [1.807, 2.05) is 31.2 Å². The number of rotatable bonds is 2. The van der Waals surface area contributed by atoms with Crippen LogP contribution < -0.4 is 0 Å². The number of benzene rings is 2. The second kappa shape index (κ2) is 5.48. The number of hydrogen-bond acceptors (Lipinski definition) is 2. The van der Waals surface area contributed by atoms with Crippen LogP contribution in [0.1, 0.15) is 11.1 Å². The number of nitrogens with zero attached hydrogens (tertiary/aromatic N) is 2. The molecule has 0 heterocycles. The van der Waals surface area contributed by atoms with Crippen molar-refractivity contribution >= 4 is 23.0 Å². The summed E-state index contributed by atoms with van der Waals surface area (Å²) in [4.78, 5) is 4.39. The molecule has 3 heteroatoms. The van der Waals surface area contributed by atoms with Gasteiger partial charge >= 0.3 is 0 Å². The van der Waals surface area contributed by atoms with Gasteiger partial charge < -0.3 is 0 Å². The summed E-state index contributed by atoms with van der Waals surface area (Å²) in [5, 5.41) is 9.83. The van der Waals surface area contributed by atoms with Gasteiger partial charge in [0.25, 0.3) is 0 Å². The highest BCUT2D eigenvalue weighted by atomic mass is 35.5. The maximum atomic E-state index is 9.19. The third kappa shape index (κ3) is 2.77. The van der Waals surface area contributed by atoms with Crippen LogP contribution in [-0.4, -0.2) is 5.71 Å². The largest absolute Gasteiger partial charge is 0.237 e. The molecule has 2 aromatic carbocycles. The standard InChI is InChI=1S/C15H11ClN2/c1-11-4-2-3-5-14(11)18-15(10-17)12-6-8-13(16)9-7-12/h2-9H,1H3. The molecule has 0 saturated carbocycles. The molecule has 88 valence electrons. The lowest BCUT2D eigenvalue weighted by Gasteiger charge is -2.01.